The first kappa shape index (κ1) is 16.9. The lowest BCUT2D eigenvalue weighted by molar-refractivity contribution is 0.102. The van der Waals surface area contributed by atoms with Gasteiger partial charge in [-0.3, -0.25) is 9.59 Å². The van der Waals surface area contributed by atoms with Crippen molar-refractivity contribution in [2.75, 3.05) is 5.32 Å². The van der Waals surface area contributed by atoms with Gasteiger partial charge in [-0.25, -0.2) is 0 Å². The molecule has 0 saturated heterocycles. The standard InChI is InChI=1S/C21H16ClNO2/c1-14-7-12-18(22)13-19(14)23-21(25)17-10-8-16(9-11-17)20(24)15-5-3-2-4-6-15/h2-13H,1H3,(H,23,25). The Hall–Kier alpha value is -2.91. The van der Waals surface area contributed by atoms with E-state index >= 15 is 0 Å². The number of anilines is 1. The number of rotatable bonds is 4. The van der Waals surface area contributed by atoms with Crippen molar-refractivity contribution in [3.05, 3.63) is 100 Å². The molecule has 0 radical (unpaired) electrons. The summed E-state index contributed by atoms with van der Waals surface area (Å²) in [6, 6.07) is 21.0. The zero-order valence-corrected chi connectivity index (χ0v) is 14.4. The van der Waals surface area contributed by atoms with E-state index in [-0.39, 0.29) is 11.7 Å². The summed E-state index contributed by atoms with van der Waals surface area (Å²) in [5.74, 6) is -0.317. The first-order chi connectivity index (χ1) is 12.0. The Bertz CT molecular complexity index is 918. The molecule has 0 atom stereocenters. The lowest BCUT2D eigenvalue weighted by Gasteiger charge is -2.09. The van der Waals surface area contributed by atoms with Gasteiger partial charge in [-0.05, 0) is 36.8 Å². The van der Waals surface area contributed by atoms with E-state index in [1.165, 1.54) is 0 Å². The van der Waals surface area contributed by atoms with Crippen LogP contribution in [0.1, 0.15) is 31.8 Å². The van der Waals surface area contributed by atoms with Crippen molar-refractivity contribution in [1.29, 1.82) is 0 Å². The van der Waals surface area contributed by atoms with Gasteiger partial charge in [0.15, 0.2) is 5.78 Å². The van der Waals surface area contributed by atoms with Gasteiger partial charge >= 0.3 is 0 Å². The molecule has 0 unspecified atom stereocenters. The highest BCUT2D eigenvalue weighted by atomic mass is 35.5. The van der Waals surface area contributed by atoms with E-state index < -0.39 is 0 Å². The number of nitrogens with one attached hydrogen (secondary N) is 1. The third-order valence-corrected chi connectivity index (χ3v) is 4.13. The molecule has 0 bridgehead atoms. The fraction of sp³-hybridized carbons (Fsp3) is 0.0476. The lowest BCUT2D eigenvalue weighted by atomic mass is 10.0. The summed E-state index contributed by atoms with van der Waals surface area (Å²) < 4.78 is 0. The van der Waals surface area contributed by atoms with Crippen LogP contribution in [-0.2, 0) is 0 Å². The first-order valence-corrected chi connectivity index (χ1v) is 8.20. The van der Waals surface area contributed by atoms with Gasteiger partial charge in [-0.15, -0.1) is 0 Å². The fourth-order valence-electron chi connectivity index (χ4n) is 2.45. The molecule has 0 aliphatic heterocycles. The maximum absolute atomic E-state index is 12.4. The summed E-state index contributed by atoms with van der Waals surface area (Å²) in [5.41, 5.74) is 3.23. The predicted molar refractivity (Wildman–Crippen MR) is 100 cm³/mol. The van der Waals surface area contributed by atoms with E-state index in [0.717, 1.165) is 5.56 Å². The average Bonchev–Trinajstić information content (AvgIpc) is 2.65. The number of halogens is 1. The van der Waals surface area contributed by atoms with Crippen LogP contribution in [0.25, 0.3) is 0 Å². The molecule has 4 heteroatoms. The van der Waals surface area contributed by atoms with Gasteiger partial charge in [-0.1, -0.05) is 60.1 Å². The molecule has 1 amide bonds. The molecule has 3 aromatic carbocycles. The Balaban J connectivity index is 1.77. The topological polar surface area (TPSA) is 46.2 Å². The number of aryl methyl sites for hydroxylation is 1. The fourth-order valence-corrected chi connectivity index (χ4v) is 2.62. The molecular formula is C21H16ClNO2. The third-order valence-electron chi connectivity index (χ3n) is 3.89. The summed E-state index contributed by atoms with van der Waals surface area (Å²) in [6.07, 6.45) is 0. The van der Waals surface area contributed by atoms with Crippen molar-refractivity contribution in [3.8, 4) is 0 Å². The van der Waals surface area contributed by atoms with Gasteiger partial charge in [0.2, 0.25) is 0 Å². The van der Waals surface area contributed by atoms with Crippen LogP contribution in [-0.4, -0.2) is 11.7 Å². The molecule has 1 N–H and O–H groups in total. The van der Waals surface area contributed by atoms with E-state index in [9.17, 15) is 9.59 Å². The highest BCUT2D eigenvalue weighted by Crippen LogP contribution is 2.21. The van der Waals surface area contributed by atoms with Gasteiger partial charge in [0.1, 0.15) is 0 Å². The van der Waals surface area contributed by atoms with Crippen LogP contribution < -0.4 is 5.32 Å². The molecule has 0 spiro atoms. The van der Waals surface area contributed by atoms with E-state index in [0.29, 0.717) is 27.4 Å². The normalized spacial score (nSPS) is 10.3. The molecule has 0 aromatic heterocycles. The van der Waals surface area contributed by atoms with Gasteiger partial charge in [0.05, 0.1) is 0 Å². The van der Waals surface area contributed by atoms with Crippen LogP contribution in [0.15, 0.2) is 72.8 Å². The Morgan fingerprint density at radius 2 is 1.40 bits per heavy atom. The van der Waals surface area contributed by atoms with E-state index in [4.69, 9.17) is 11.6 Å². The molecule has 0 heterocycles. The number of carbonyl (C=O) groups is 2. The second-order valence-electron chi connectivity index (χ2n) is 5.69. The largest absolute Gasteiger partial charge is 0.322 e. The Morgan fingerprint density at radius 3 is 2.08 bits per heavy atom. The minimum atomic E-state index is -0.246. The summed E-state index contributed by atoms with van der Waals surface area (Å²) in [6.45, 7) is 1.90. The number of hydrogen-bond donors (Lipinski definition) is 1. The molecule has 0 fully saturated rings. The second kappa shape index (κ2) is 7.32. The zero-order valence-electron chi connectivity index (χ0n) is 13.6. The summed E-state index contributed by atoms with van der Waals surface area (Å²) in [5, 5.41) is 3.40. The van der Waals surface area contributed by atoms with Gasteiger partial charge in [0, 0.05) is 27.4 Å². The zero-order chi connectivity index (χ0) is 17.8. The molecule has 0 saturated carbocycles. The van der Waals surface area contributed by atoms with Crippen molar-refractivity contribution in [2.24, 2.45) is 0 Å². The molecule has 3 nitrogen and oxygen atoms in total. The van der Waals surface area contributed by atoms with Gasteiger partial charge in [-0.2, -0.15) is 0 Å². The summed E-state index contributed by atoms with van der Waals surface area (Å²) in [7, 11) is 0. The number of hydrogen-bond acceptors (Lipinski definition) is 2. The minimum absolute atomic E-state index is 0.0711. The van der Waals surface area contributed by atoms with E-state index in [1.54, 1.807) is 48.5 Å². The van der Waals surface area contributed by atoms with Crippen molar-refractivity contribution >= 4 is 29.0 Å². The molecule has 25 heavy (non-hydrogen) atoms. The number of amides is 1. The highest BCUT2D eigenvalue weighted by molar-refractivity contribution is 6.31. The predicted octanol–water partition coefficient (Wildman–Crippen LogP) is 5.13. The second-order valence-corrected chi connectivity index (χ2v) is 6.12. The maximum Gasteiger partial charge on any atom is 0.255 e. The van der Waals surface area contributed by atoms with Crippen LogP contribution in [0.2, 0.25) is 5.02 Å². The summed E-state index contributed by atoms with van der Waals surface area (Å²) in [4.78, 5) is 24.8. The molecule has 3 rings (SSSR count). The first-order valence-electron chi connectivity index (χ1n) is 7.82. The van der Waals surface area contributed by atoms with Crippen LogP contribution in [0.4, 0.5) is 5.69 Å². The van der Waals surface area contributed by atoms with Crippen LogP contribution in [0, 0.1) is 6.92 Å². The molecular weight excluding hydrogens is 334 g/mol. The molecule has 0 aliphatic rings. The van der Waals surface area contributed by atoms with E-state index in [1.807, 2.05) is 31.2 Å². The van der Waals surface area contributed by atoms with Gasteiger partial charge in [0.25, 0.3) is 5.91 Å². The van der Waals surface area contributed by atoms with Crippen LogP contribution in [0.5, 0.6) is 0 Å². The summed E-state index contributed by atoms with van der Waals surface area (Å²) >= 11 is 5.97. The maximum atomic E-state index is 12.4. The van der Waals surface area contributed by atoms with Crippen molar-refractivity contribution in [1.82, 2.24) is 0 Å². The van der Waals surface area contributed by atoms with Crippen molar-refractivity contribution in [3.63, 3.8) is 0 Å². The van der Waals surface area contributed by atoms with Gasteiger partial charge < -0.3 is 5.32 Å². The Kier molecular flexibility index (Phi) is 4.96. The SMILES string of the molecule is Cc1ccc(Cl)cc1NC(=O)c1ccc(C(=O)c2ccccc2)cc1. The monoisotopic (exact) mass is 349 g/mol. The smallest absolute Gasteiger partial charge is 0.255 e. The Labute approximate surface area is 151 Å². The number of carbonyl (C=O) groups excluding carboxylic acids is 2. The van der Waals surface area contributed by atoms with Crippen LogP contribution in [0.3, 0.4) is 0 Å². The molecule has 3 aromatic rings. The lowest BCUT2D eigenvalue weighted by Crippen LogP contribution is -2.13. The quantitative estimate of drug-likeness (QED) is 0.663. The third kappa shape index (κ3) is 3.95. The molecule has 124 valence electrons. The van der Waals surface area contributed by atoms with E-state index in [2.05, 4.69) is 5.32 Å². The van der Waals surface area contributed by atoms with Crippen molar-refractivity contribution < 1.29 is 9.59 Å². The minimum Gasteiger partial charge on any atom is -0.322 e. The number of benzene rings is 3. The molecule has 0 aliphatic carbocycles. The Morgan fingerprint density at radius 1 is 0.800 bits per heavy atom. The average molecular weight is 350 g/mol. The van der Waals surface area contributed by atoms with Crippen LogP contribution >= 0.6 is 11.6 Å². The number of ketones is 1. The van der Waals surface area contributed by atoms with Crippen molar-refractivity contribution in [2.45, 2.75) is 6.92 Å². The highest BCUT2D eigenvalue weighted by Gasteiger charge is 2.11.